The Morgan fingerprint density at radius 1 is 1.89 bits per heavy atom. The summed E-state index contributed by atoms with van der Waals surface area (Å²) in [6.07, 6.45) is -0.223. The zero-order chi connectivity index (χ0) is 7.28. The molecule has 0 saturated carbocycles. The van der Waals surface area contributed by atoms with E-state index in [2.05, 4.69) is 20.7 Å². The molecule has 52 valence electrons. The van der Waals surface area contributed by atoms with Crippen molar-refractivity contribution in [3.63, 3.8) is 0 Å². The van der Waals surface area contributed by atoms with E-state index in [0.29, 0.717) is 0 Å². The van der Waals surface area contributed by atoms with Crippen LogP contribution in [0.2, 0.25) is 0 Å². The van der Waals surface area contributed by atoms with Gasteiger partial charge in [0.15, 0.2) is 5.01 Å². The molecular formula is C4H5BrO4. The monoisotopic (exact) mass is 196 g/mol. The highest BCUT2D eigenvalue weighted by atomic mass is 79.9. The van der Waals surface area contributed by atoms with Gasteiger partial charge in [-0.05, 0) is 15.9 Å². The molecule has 0 aliphatic carbocycles. The van der Waals surface area contributed by atoms with E-state index in [1.807, 2.05) is 0 Å². The first-order chi connectivity index (χ1) is 4.16. The third-order valence-electron chi connectivity index (χ3n) is 0.538. The minimum Gasteiger partial charge on any atom is -0.481 e. The van der Waals surface area contributed by atoms with Crippen molar-refractivity contribution in [3.8, 4) is 0 Å². The number of halogens is 1. The Morgan fingerprint density at radius 2 is 2.44 bits per heavy atom. The van der Waals surface area contributed by atoms with E-state index in [9.17, 15) is 9.59 Å². The zero-order valence-electron chi connectivity index (χ0n) is 4.41. The van der Waals surface area contributed by atoms with Gasteiger partial charge in [-0.3, -0.25) is 9.59 Å². The molecule has 0 unspecified atom stereocenters. The highest BCUT2D eigenvalue weighted by molar-refractivity contribution is 9.09. The smallest absolute Gasteiger partial charge is 0.308 e. The lowest BCUT2D eigenvalue weighted by Crippen LogP contribution is -2.09. The minimum atomic E-state index is -1.02. The van der Waals surface area contributed by atoms with Gasteiger partial charge < -0.3 is 9.84 Å². The van der Waals surface area contributed by atoms with Gasteiger partial charge in [-0.1, -0.05) is 0 Å². The maximum Gasteiger partial charge on any atom is 0.308 e. The second-order valence-electron chi connectivity index (χ2n) is 1.24. The fourth-order valence-corrected chi connectivity index (χ4v) is 0.611. The summed E-state index contributed by atoms with van der Waals surface area (Å²) in [6, 6.07) is 0. The van der Waals surface area contributed by atoms with Gasteiger partial charge in [-0.25, -0.2) is 0 Å². The van der Waals surface area contributed by atoms with Gasteiger partial charge in [0, 0.05) is 0 Å². The quantitative estimate of drug-likeness (QED) is 0.521. The van der Waals surface area contributed by atoms with Crippen molar-refractivity contribution in [2.24, 2.45) is 0 Å². The Kier molecular flexibility index (Phi) is 4.04. The van der Waals surface area contributed by atoms with E-state index in [1.54, 1.807) is 0 Å². The van der Waals surface area contributed by atoms with Crippen molar-refractivity contribution in [1.29, 1.82) is 0 Å². The number of carboxylic acid groups (broad SMARTS) is 1. The summed E-state index contributed by atoms with van der Waals surface area (Å²) in [4.78, 5) is 19.4. The second kappa shape index (κ2) is 4.31. The lowest BCUT2D eigenvalue weighted by Gasteiger charge is -2.01. The predicted molar refractivity (Wildman–Crippen MR) is 32.1 cm³/mol. The molecule has 0 aromatic heterocycles. The van der Waals surface area contributed by atoms with E-state index in [1.165, 1.54) is 0 Å². The largest absolute Gasteiger partial charge is 0.481 e. The van der Waals surface area contributed by atoms with E-state index >= 15 is 0 Å². The summed E-state index contributed by atoms with van der Waals surface area (Å²) in [5, 5.41) is 7.37. The maximum atomic E-state index is 9.86. The third-order valence-corrected chi connectivity index (χ3v) is 1.08. The summed E-state index contributed by atoms with van der Waals surface area (Å²) < 4.78 is 4.21. The van der Waals surface area contributed by atoms with Gasteiger partial charge in [0.05, 0.1) is 6.42 Å². The number of carboxylic acids is 1. The predicted octanol–water partition coefficient (Wildman–Crippen LogP) is 0.355. The highest BCUT2D eigenvalue weighted by Crippen LogP contribution is 2.04. The van der Waals surface area contributed by atoms with Crippen molar-refractivity contribution >= 4 is 28.4 Å². The van der Waals surface area contributed by atoms with Gasteiger partial charge in [0.2, 0.25) is 0 Å². The molecule has 5 heteroatoms. The van der Waals surface area contributed by atoms with E-state index in [-0.39, 0.29) is 12.9 Å². The lowest BCUT2D eigenvalue weighted by molar-refractivity contribution is -0.140. The van der Waals surface area contributed by atoms with Crippen molar-refractivity contribution in [2.45, 2.75) is 11.4 Å². The number of aliphatic carboxylic acids is 1. The summed E-state index contributed by atoms with van der Waals surface area (Å²) in [6.45, 7) is 0.197. The van der Waals surface area contributed by atoms with Crippen molar-refractivity contribution < 1.29 is 19.4 Å². The first kappa shape index (κ1) is 8.42. The van der Waals surface area contributed by atoms with Crippen LogP contribution in [0.3, 0.4) is 0 Å². The van der Waals surface area contributed by atoms with Crippen LogP contribution in [0.1, 0.15) is 6.42 Å². The molecule has 0 aliphatic rings. The first-order valence-corrected chi connectivity index (χ1v) is 3.03. The van der Waals surface area contributed by atoms with Crippen LogP contribution < -0.4 is 0 Å². The Balaban J connectivity index is 3.37. The van der Waals surface area contributed by atoms with Crippen molar-refractivity contribution in [2.75, 3.05) is 0 Å². The van der Waals surface area contributed by atoms with E-state index < -0.39 is 11.0 Å². The molecule has 1 atom stereocenters. The van der Waals surface area contributed by atoms with Gasteiger partial charge in [-0.15, -0.1) is 0 Å². The first-order valence-electron chi connectivity index (χ1n) is 2.11. The highest BCUT2D eigenvalue weighted by Gasteiger charge is 2.07. The third kappa shape index (κ3) is 5.29. The topological polar surface area (TPSA) is 63.6 Å². The Morgan fingerprint density at radius 3 is 2.78 bits per heavy atom. The number of rotatable bonds is 4. The molecule has 1 N–H and O–H groups in total. The molecule has 0 rings (SSSR count). The summed E-state index contributed by atoms with van der Waals surface area (Å²) in [5.41, 5.74) is 0. The summed E-state index contributed by atoms with van der Waals surface area (Å²) in [7, 11) is 0. The Bertz CT molecular complexity index is 113. The average molecular weight is 197 g/mol. The number of carbonyl (C=O) groups is 2. The van der Waals surface area contributed by atoms with Gasteiger partial charge in [0.25, 0.3) is 6.47 Å². The minimum absolute atomic E-state index is 0.197. The van der Waals surface area contributed by atoms with Crippen LogP contribution >= 0.6 is 15.9 Å². The molecule has 0 fully saturated rings. The SMILES string of the molecule is O=CO[C@H](Br)CC(=O)O. The second-order valence-corrected chi connectivity index (χ2v) is 2.26. The Labute approximate surface area is 59.9 Å². The molecule has 0 amide bonds. The molecule has 0 aromatic carbocycles. The summed E-state index contributed by atoms with van der Waals surface area (Å²) >= 11 is 2.80. The van der Waals surface area contributed by atoms with E-state index in [4.69, 9.17) is 5.11 Å². The molecule has 9 heavy (non-hydrogen) atoms. The summed E-state index contributed by atoms with van der Waals surface area (Å²) in [5.74, 6) is -1.02. The van der Waals surface area contributed by atoms with Crippen LogP contribution in [0, 0.1) is 0 Å². The van der Waals surface area contributed by atoms with Crippen LogP contribution in [0.5, 0.6) is 0 Å². The number of alkyl halides is 1. The van der Waals surface area contributed by atoms with Crippen LogP contribution in [-0.2, 0) is 14.3 Å². The number of hydrogen-bond acceptors (Lipinski definition) is 3. The average Bonchev–Trinajstić information content (AvgIpc) is 1.63. The van der Waals surface area contributed by atoms with E-state index in [0.717, 1.165) is 0 Å². The number of carbonyl (C=O) groups excluding carboxylic acids is 1. The molecular weight excluding hydrogens is 192 g/mol. The van der Waals surface area contributed by atoms with Crippen LogP contribution in [0.25, 0.3) is 0 Å². The molecule has 0 bridgehead atoms. The van der Waals surface area contributed by atoms with Gasteiger partial charge in [-0.2, -0.15) is 0 Å². The van der Waals surface area contributed by atoms with Crippen molar-refractivity contribution in [1.82, 2.24) is 0 Å². The molecule has 4 nitrogen and oxygen atoms in total. The Hall–Kier alpha value is -0.580. The number of hydrogen-bond donors (Lipinski definition) is 1. The zero-order valence-corrected chi connectivity index (χ0v) is 6.00. The maximum absolute atomic E-state index is 9.86. The molecule has 0 spiro atoms. The molecule has 0 saturated heterocycles. The van der Waals surface area contributed by atoms with Gasteiger partial charge in [0.1, 0.15) is 0 Å². The molecule has 0 aromatic rings. The normalized spacial score (nSPS) is 12.1. The molecule has 0 aliphatic heterocycles. The fraction of sp³-hybridized carbons (Fsp3) is 0.500. The standard InChI is InChI=1S/C4H5BrO4/c5-3(9-2-6)1-4(7)8/h2-3H,1H2,(H,7,8)/t3-/m0/s1. The molecule has 0 heterocycles. The van der Waals surface area contributed by atoms with Gasteiger partial charge >= 0.3 is 5.97 Å². The lowest BCUT2D eigenvalue weighted by atomic mass is 10.5. The van der Waals surface area contributed by atoms with Crippen LogP contribution in [0.15, 0.2) is 0 Å². The molecule has 0 radical (unpaired) electrons. The fourth-order valence-electron chi connectivity index (χ4n) is 0.246. The number of ether oxygens (including phenoxy) is 1. The van der Waals surface area contributed by atoms with Crippen LogP contribution in [-0.4, -0.2) is 22.6 Å². The van der Waals surface area contributed by atoms with Crippen molar-refractivity contribution in [3.05, 3.63) is 0 Å². The van der Waals surface area contributed by atoms with Crippen LogP contribution in [0.4, 0.5) is 0 Å².